The molecule has 0 saturated heterocycles. The molecule has 0 bridgehead atoms. The minimum Gasteiger partial charge on any atom is -0.463 e. The maximum Gasteiger partial charge on any atom is 0.342 e. The maximum absolute atomic E-state index is 11.8. The van der Waals surface area contributed by atoms with Gasteiger partial charge < -0.3 is 9.47 Å². The number of hydrogen-bond donors (Lipinski definition) is 0. The van der Waals surface area contributed by atoms with Crippen molar-refractivity contribution in [1.82, 2.24) is 0 Å². The van der Waals surface area contributed by atoms with Gasteiger partial charge in [-0.3, -0.25) is 4.79 Å². The predicted octanol–water partition coefficient (Wildman–Crippen LogP) is 1.81. The number of carbonyl (C=O) groups excluding carboxylic acids is 3. The third kappa shape index (κ3) is 5.06. The summed E-state index contributed by atoms with van der Waals surface area (Å²) in [5, 5.41) is 0. The summed E-state index contributed by atoms with van der Waals surface area (Å²) in [6.45, 7) is 3.02. The van der Waals surface area contributed by atoms with Crippen molar-refractivity contribution >= 4 is 17.7 Å². The minimum absolute atomic E-state index is 0.0348. The van der Waals surface area contributed by atoms with E-state index in [9.17, 15) is 14.4 Å². The van der Waals surface area contributed by atoms with Gasteiger partial charge in [0.2, 0.25) is 0 Å². The highest BCUT2D eigenvalue weighted by Crippen LogP contribution is 2.06. The molecule has 20 heavy (non-hydrogen) atoms. The average Bonchev–Trinajstić information content (AvgIpc) is 2.43. The molecule has 5 heteroatoms. The molecular formula is C15H16O5. The third-order valence-corrected chi connectivity index (χ3v) is 2.36. The molecule has 0 aromatic heterocycles. The van der Waals surface area contributed by atoms with E-state index in [0.717, 1.165) is 11.6 Å². The summed E-state index contributed by atoms with van der Waals surface area (Å²) in [6.07, 6.45) is 0.860. The zero-order valence-electron chi connectivity index (χ0n) is 11.4. The first kappa shape index (κ1) is 15.6. The second-order valence-electron chi connectivity index (χ2n) is 3.93. The first-order valence-electron chi connectivity index (χ1n) is 6.15. The van der Waals surface area contributed by atoms with Crippen LogP contribution in [0.4, 0.5) is 0 Å². The van der Waals surface area contributed by atoms with Crippen LogP contribution < -0.4 is 0 Å². The van der Waals surface area contributed by atoms with Crippen molar-refractivity contribution in [2.75, 3.05) is 6.61 Å². The highest BCUT2D eigenvalue weighted by molar-refractivity contribution is 6.19. The lowest BCUT2D eigenvalue weighted by Crippen LogP contribution is -2.16. The SMILES string of the molecule is CCOC(=O)C=C(C(C)=O)C(=O)OCc1ccccc1. The first-order chi connectivity index (χ1) is 9.54. The Hall–Kier alpha value is -2.43. The third-order valence-electron chi connectivity index (χ3n) is 2.36. The van der Waals surface area contributed by atoms with Gasteiger partial charge in [-0.15, -0.1) is 0 Å². The quantitative estimate of drug-likeness (QED) is 0.343. The number of rotatable bonds is 6. The summed E-state index contributed by atoms with van der Waals surface area (Å²) < 4.78 is 9.65. The van der Waals surface area contributed by atoms with Crippen LogP contribution in [-0.4, -0.2) is 24.3 Å². The number of esters is 2. The minimum atomic E-state index is -0.839. The van der Waals surface area contributed by atoms with E-state index in [0.29, 0.717) is 0 Å². The van der Waals surface area contributed by atoms with Crippen molar-refractivity contribution in [3.05, 3.63) is 47.5 Å². The normalized spacial score (nSPS) is 10.8. The molecule has 0 saturated carbocycles. The maximum atomic E-state index is 11.8. The lowest BCUT2D eigenvalue weighted by molar-refractivity contribution is -0.143. The molecule has 5 nitrogen and oxygen atoms in total. The van der Waals surface area contributed by atoms with Gasteiger partial charge in [-0.2, -0.15) is 0 Å². The molecule has 0 amide bonds. The molecule has 0 atom stereocenters. The van der Waals surface area contributed by atoms with Crippen molar-refractivity contribution < 1.29 is 23.9 Å². The fourth-order valence-electron chi connectivity index (χ4n) is 1.41. The fourth-order valence-corrected chi connectivity index (χ4v) is 1.41. The molecule has 0 aliphatic carbocycles. The Morgan fingerprint density at radius 3 is 2.30 bits per heavy atom. The Morgan fingerprint density at radius 2 is 1.75 bits per heavy atom. The van der Waals surface area contributed by atoms with Crippen LogP contribution in [0.1, 0.15) is 19.4 Å². The topological polar surface area (TPSA) is 69.7 Å². The second-order valence-corrected chi connectivity index (χ2v) is 3.93. The zero-order chi connectivity index (χ0) is 15.0. The molecule has 1 aromatic rings. The summed E-state index contributed by atoms with van der Waals surface area (Å²) >= 11 is 0. The van der Waals surface area contributed by atoms with E-state index in [1.165, 1.54) is 6.92 Å². The molecular weight excluding hydrogens is 260 g/mol. The monoisotopic (exact) mass is 276 g/mol. The number of hydrogen-bond acceptors (Lipinski definition) is 5. The smallest absolute Gasteiger partial charge is 0.342 e. The van der Waals surface area contributed by atoms with E-state index in [2.05, 4.69) is 4.74 Å². The van der Waals surface area contributed by atoms with Crippen LogP contribution in [0, 0.1) is 0 Å². The Morgan fingerprint density at radius 1 is 1.10 bits per heavy atom. The van der Waals surface area contributed by atoms with Gasteiger partial charge in [0.05, 0.1) is 6.61 Å². The molecule has 0 radical (unpaired) electrons. The van der Waals surface area contributed by atoms with E-state index < -0.39 is 17.7 Å². The summed E-state index contributed by atoms with van der Waals surface area (Å²) in [5.74, 6) is -2.13. The van der Waals surface area contributed by atoms with Crippen molar-refractivity contribution in [1.29, 1.82) is 0 Å². The molecule has 106 valence electrons. The number of Topliss-reactive ketones (excluding diaryl/α,β-unsaturated/α-hetero) is 1. The molecule has 0 heterocycles. The molecule has 0 N–H and O–H groups in total. The van der Waals surface area contributed by atoms with Gasteiger partial charge in [-0.1, -0.05) is 30.3 Å². The van der Waals surface area contributed by atoms with Gasteiger partial charge >= 0.3 is 11.9 Å². The van der Waals surface area contributed by atoms with Gasteiger partial charge in [0, 0.05) is 6.08 Å². The zero-order valence-corrected chi connectivity index (χ0v) is 11.4. The highest BCUT2D eigenvalue weighted by atomic mass is 16.5. The van der Waals surface area contributed by atoms with Crippen LogP contribution in [0.15, 0.2) is 42.0 Å². The van der Waals surface area contributed by atoms with Gasteiger partial charge in [-0.05, 0) is 19.4 Å². The second kappa shape index (κ2) is 7.89. The van der Waals surface area contributed by atoms with Gasteiger partial charge in [0.25, 0.3) is 0 Å². The Balaban J connectivity index is 2.70. The Kier molecular flexibility index (Phi) is 6.16. The van der Waals surface area contributed by atoms with Crippen molar-refractivity contribution in [2.45, 2.75) is 20.5 Å². The van der Waals surface area contributed by atoms with E-state index in [-0.39, 0.29) is 18.8 Å². The van der Waals surface area contributed by atoms with Crippen LogP contribution in [-0.2, 0) is 30.5 Å². The van der Waals surface area contributed by atoms with Crippen LogP contribution in [0.25, 0.3) is 0 Å². The molecule has 0 aliphatic rings. The molecule has 0 fully saturated rings. The Labute approximate surface area is 117 Å². The number of benzene rings is 1. The number of ketones is 1. The lowest BCUT2D eigenvalue weighted by Gasteiger charge is -2.06. The average molecular weight is 276 g/mol. The summed E-state index contributed by atoms with van der Waals surface area (Å²) in [4.78, 5) is 34.4. The Bertz CT molecular complexity index is 516. The summed E-state index contributed by atoms with van der Waals surface area (Å²) in [6, 6.07) is 9.03. The fraction of sp³-hybridized carbons (Fsp3) is 0.267. The highest BCUT2D eigenvalue weighted by Gasteiger charge is 2.18. The lowest BCUT2D eigenvalue weighted by atomic mass is 10.2. The molecule has 0 unspecified atom stereocenters. The van der Waals surface area contributed by atoms with Gasteiger partial charge in [-0.25, -0.2) is 9.59 Å². The van der Waals surface area contributed by atoms with E-state index in [1.807, 2.05) is 18.2 Å². The largest absolute Gasteiger partial charge is 0.463 e. The van der Waals surface area contributed by atoms with E-state index >= 15 is 0 Å². The number of ether oxygens (including phenoxy) is 2. The van der Waals surface area contributed by atoms with Crippen LogP contribution in [0.3, 0.4) is 0 Å². The van der Waals surface area contributed by atoms with Crippen molar-refractivity contribution in [3.63, 3.8) is 0 Å². The summed E-state index contributed by atoms with van der Waals surface area (Å²) in [5.41, 5.74) is 0.472. The van der Waals surface area contributed by atoms with Crippen LogP contribution in [0.5, 0.6) is 0 Å². The van der Waals surface area contributed by atoms with Gasteiger partial charge in [0.1, 0.15) is 12.2 Å². The first-order valence-corrected chi connectivity index (χ1v) is 6.15. The molecule has 0 aliphatic heterocycles. The number of carbonyl (C=O) groups is 3. The molecule has 1 aromatic carbocycles. The molecule has 1 rings (SSSR count). The molecule has 0 spiro atoms. The standard InChI is InChI=1S/C15H16O5/c1-3-19-14(17)9-13(11(2)16)15(18)20-10-12-7-5-4-6-8-12/h4-9H,3,10H2,1-2H3. The van der Waals surface area contributed by atoms with Crippen LogP contribution >= 0.6 is 0 Å². The van der Waals surface area contributed by atoms with E-state index in [1.54, 1.807) is 19.1 Å². The van der Waals surface area contributed by atoms with Gasteiger partial charge in [0.15, 0.2) is 5.78 Å². The summed E-state index contributed by atoms with van der Waals surface area (Å²) in [7, 11) is 0. The van der Waals surface area contributed by atoms with E-state index in [4.69, 9.17) is 4.74 Å². The van der Waals surface area contributed by atoms with Crippen LogP contribution in [0.2, 0.25) is 0 Å². The van der Waals surface area contributed by atoms with Crippen molar-refractivity contribution in [3.8, 4) is 0 Å². The van der Waals surface area contributed by atoms with Crippen molar-refractivity contribution in [2.24, 2.45) is 0 Å². The predicted molar refractivity (Wildman–Crippen MR) is 71.6 cm³/mol.